The molecule has 0 fully saturated rings. The van der Waals surface area contributed by atoms with E-state index in [-0.39, 0.29) is 5.69 Å². The molecule has 0 spiro atoms. The highest BCUT2D eigenvalue weighted by Gasteiger charge is 2.14. The Labute approximate surface area is 121 Å². The van der Waals surface area contributed by atoms with Crippen molar-refractivity contribution in [3.8, 4) is 6.07 Å². The lowest BCUT2D eigenvalue weighted by Gasteiger charge is -2.06. The molecule has 0 aliphatic rings. The van der Waals surface area contributed by atoms with Gasteiger partial charge in [0.1, 0.15) is 5.69 Å². The molecule has 1 N–H and O–H groups in total. The van der Waals surface area contributed by atoms with Crippen LogP contribution in [-0.2, 0) is 6.54 Å². The zero-order valence-corrected chi connectivity index (χ0v) is 12.0. The minimum absolute atomic E-state index is 0.0328. The molecule has 0 bridgehead atoms. The standard InChI is InChI=1S/C12H8BrN3O2S/c13-9-4-10(19-7-9)6-15-11-3-8(5-14)1-2-12(11)16(17)18/h1-4,7,15H,6H2. The van der Waals surface area contributed by atoms with Gasteiger partial charge in [-0.25, -0.2) is 0 Å². The predicted molar refractivity (Wildman–Crippen MR) is 77.2 cm³/mol. The molecule has 96 valence electrons. The van der Waals surface area contributed by atoms with Gasteiger partial charge in [0.2, 0.25) is 0 Å². The van der Waals surface area contributed by atoms with Crippen molar-refractivity contribution < 1.29 is 4.92 Å². The minimum Gasteiger partial charge on any atom is -0.375 e. The third-order valence-corrected chi connectivity index (χ3v) is 4.09. The SMILES string of the molecule is N#Cc1ccc([N+](=O)[O-])c(NCc2cc(Br)cs2)c1. The van der Waals surface area contributed by atoms with E-state index in [2.05, 4.69) is 21.2 Å². The smallest absolute Gasteiger partial charge is 0.292 e. The topological polar surface area (TPSA) is 79.0 Å². The van der Waals surface area contributed by atoms with Crippen molar-refractivity contribution in [2.24, 2.45) is 0 Å². The number of hydrogen-bond donors (Lipinski definition) is 1. The number of nitro groups is 1. The number of nitrogens with zero attached hydrogens (tertiary/aromatic N) is 2. The Kier molecular flexibility index (Phi) is 4.14. The largest absolute Gasteiger partial charge is 0.375 e. The summed E-state index contributed by atoms with van der Waals surface area (Å²) < 4.78 is 0.981. The summed E-state index contributed by atoms with van der Waals surface area (Å²) in [4.78, 5) is 11.5. The Bertz CT molecular complexity index is 663. The van der Waals surface area contributed by atoms with Crippen LogP contribution in [0.5, 0.6) is 0 Å². The molecule has 5 nitrogen and oxygen atoms in total. The lowest BCUT2D eigenvalue weighted by atomic mass is 10.2. The van der Waals surface area contributed by atoms with Crippen molar-refractivity contribution in [1.82, 2.24) is 0 Å². The second kappa shape index (κ2) is 5.82. The number of benzene rings is 1. The molecule has 0 aliphatic carbocycles. The molecule has 1 heterocycles. The summed E-state index contributed by atoms with van der Waals surface area (Å²) in [7, 11) is 0. The van der Waals surface area contributed by atoms with E-state index in [4.69, 9.17) is 5.26 Å². The Balaban J connectivity index is 2.22. The van der Waals surface area contributed by atoms with Gasteiger partial charge in [0, 0.05) is 27.3 Å². The second-order valence-corrected chi connectivity index (χ2v) is 5.60. The number of anilines is 1. The zero-order chi connectivity index (χ0) is 13.8. The van der Waals surface area contributed by atoms with E-state index < -0.39 is 4.92 Å². The number of halogens is 1. The van der Waals surface area contributed by atoms with E-state index in [1.165, 1.54) is 18.2 Å². The molecule has 0 saturated heterocycles. The average Bonchev–Trinajstić information content (AvgIpc) is 2.81. The molecule has 2 rings (SSSR count). The van der Waals surface area contributed by atoms with Gasteiger partial charge in [-0.1, -0.05) is 0 Å². The maximum atomic E-state index is 10.9. The summed E-state index contributed by atoms with van der Waals surface area (Å²) in [6, 6.07) is 8.17. The van der Waals surface area contributed by atoms with Gasteiger partial charge in [-0.05, 0) is 34.1 Å². The highest BCUT2D eigenvalue weighted by atomic mass is 79.9. The Morgan fingerprint density at radius 2 is 2.26 bits per heavy atom. The number of rotatable bonds is 4. The molecule has 1 aromatic carbocycles. The molecule has 2 aromatic rings. The van der Waals surface area contributed by atoms with E-state index in [1.54, 1.807) is 11.3 Å². The molecular formula is C12H8BrN3O2S. The number of nitro benzene ring substituents is 1. The lowest BCUT2D eigenvalue weighted by molar-refractivity contribution is -0.384. The summed E-state index contributed by atoms with van der Waals surface area (Å²) in [5.41, 5.74) is 0.712. The molecule has 0 radical (unpaired) electrons. The number of nitrogens with one attached hydrogen (secondary N) is 1. The molecular weight excluding hydrogens is 330 g/mol. The van der Waals surface area contributed by atoms with Crippen LogP contribution in [0.3, 0.4) is 0 Å². The van der Waals surface area contributed by atoms with Crippen molar-refractivity contribution in [1.29, 1.82) is 5.26 Å². The van der Waals surface area contributed by atoms with E-state index >= 15 is 0 Å². The van der Waals surface area contributed by atoms with Crippen LogP contribution in [0.4, 0.5) is 11.4 Å². The third kappa shape index (κ3) is 3.30. The first kappa shape index (κ1) is 13.5. The quantitative estimate of drug-likeness (QED) is 0.677. The van der Waals surface area contributed by atoms with Crippen LogP contribution in [0.2, 0.25) is 0 Å². The van der Waals surface area contributed by atoms with Gasteiger partial charge in [0.25, 0.3) is 5.69 Å². The fourth-order valence-corrected chi connectivity index (χ4v) is 2.93. The predicted octanol–water partition coefficient (Wildman–Crippen LogP) is 3.90. The number of thiophene rings is 1. The average molecular weight is 338 g/mol. The maximum Gasteiger partial charge on any atom is 0.292 e. The monoisotopic (exact) mass is 337 g/mol. The van der Waals surface area contributed by atoms with E-state index in [0.717, 1.165) is 9.35 Å². The molecule has 19 heavy (non-hydrogen) atoms. The molecule has 0 unspecified atom stereocenters. The fourth-order valence-electron chi connectivity index (χ4n) is 1.54. The van der Waals surface area contributed by atoms with Crippen LogP contribution in [0, 0.1) is 21.4 Å². The van der Waals surface area contributed by atoms with Crippen LogP contribution in [0.25, 0.3) is 0 Å². The summed E-state index contributed by atoms with van der Waals surface area (Å²) in [5.74, 6) is 0. The van der Waals surface area contributed by atoms with Crippen LogP contribution in [0.15, 0.2) is 34.1 Å². The Morgan fingerprint density at radius 1 is 1.47 bits per heavy atom. The number of hydrogen-bond acceptors (Lipinski definition) is 5. The van der Waals surface area contributed by atoms with Gasteiger partial charge in [-0.2, -0.15) is 5.26 Å². The maximum absolute atomic E-state index is 10.9. The molecule has 0 atom stereocenters. The second-order valence-electron chi connectivity index (χ2n) is 3.69. The van der Waals surface area contributed by atoms with Crippen LogP contribution in [-0.4, -0.2) is 4.92 Å². The van der Waals surface area contributed by atoms with Gasteiger partial charge in [0.05, 0.1) is 16.6 Å². The van der Waals surface area contributed by atoms with Crippen LogP contribution in [0.1, 0.15) is 10.4 Å². The molecule has 7 heteroatoms. The summed E-state index contributed by atoms with van der Waals surface area (Å²) in [6.45, 7) is 0.478. The first-order chi connectivity index (χ1) is 9.10. The van der Waals surface area contributed by atoms with E-state index in [9.17, 15) is 10.1 Å². The third-order valence-electron chi connectivity index (χ3n) is 2.40. The molecule has 0 amide bonds. The van der Waals surface area contributed by atoms with E-state index in [1.807, 2.05) is 17.5 Å². The molecule has 0 aliphatic heterocycles. The fraction of sp³-hybridized carbons (Fsp3) is 0.0833. The highest BCUT2D eigenvalue weighted by Crippen LogP contribution is 2.27. The minimum atomic E-state index is -0.464. The van der Waals surface area contributed by atoms with Gasteiger partial charge < -0.3 is 5.32 Å². The molecule has 0 saturated carbocycles. The van der Waals surface area contributed by atoms with Crippen molar-refractivity contribution in [2.75, 3.05) is 5.32 Å². The molecule has 1 aromatic heterocycles. The van der Waals surface area contributed by atoms with Gasteiger partial charge >= 0.3 is 0 Å². The summed E-state index contributed by atoms with van der Waals surface area (Å²) >= 11 is 4.90. The normalized spacial score (nSPS) is 9.89. The van der Waals surface area contributed by atoms with Gasteiger partial charge in [-0.15, -0.1) is 11.3 Å². The first-order valence-corrected chi connectivity index (χ1v) is 6.92. The van der Waals surface area contributed by atoms with E-state index in [0.29, 0.717) is 17.8 Å². The van der Waals surface area contributed by atoms with Crippen molar-refractivity contribution in [2.45, 2.75) is 6.54 Å². The van der Waals surface area contributed by atoms with Crippen molar-refractivity contribution >= 4 is 38.6 Å². The van der Waals surface area contributed by atoms with Crippen LogP contribution < -0.4 is 5.32 Å². The van der Waals surface area contributed by atoms with Crippen molar-refractivity contribution in [3.63, 3.8) is 0 Å². The van der Waals surface area contributed by atoms with Crippen molar-refractivity contribution in [3.05, 3.63) is 54.7 Å². The summed E-state index contributed by atoms with van der Waals surface area (Å²) in [5, 5.41) is 24.7. The summed E-state index contributed by atoms with van der Waals surface area (Å²) in [6.07, 6.45) is 0. The Morgan fingerprint density at radius 3 is 2.84 bits per heavy atom. The van der Waals surface area contributed by atoms with Crippen LogP contribution >= 0.6 is 27.3 Å². The first-order valence-electron chi connectivity index (χ1n) is 5.25. The van der Waals surface area contributed by atoms with Gasteiger partial charge in [0.15, 0.2) is 0 Å². The van der Waals surface area contributed by atoms with Gasteiger partial charge in [-0.3, -0.25) is 10.1 Å². The zero-order valence-electron chi connectivity index (χ0n) is 9.59. The number of nitriles is 1. The lowest BCUT2D eigenvalue weighted by Crippen LogP contribution is -2.01. The highest BCUT2D eigenvalue weighted by molar-refractivity contribution is 9.10. The Hall–Kier alpha value is -1.91.